The van der Waals surface area contributed by atoms with E-state index in [1.54, 1.807) is 5.56 Å². The van der Waals surface area contributed by atoms with E-state index in [-0.39, 0.29) is 0 Å². The summed E-state index contributed by atoms with van der Waals surface area (Å²) in [6.45, 7) is 4.60. The SMILES string of the molecule is Cc1ccc(C2(C)C3CC=C[C@@H]2C3)cc1. The maximum absolute atomic E-state index is 2.44. The van der Waals surface area contributed by atoms with Crippen LogP contribution in [0.3, 0.4) is 0 Å². The van der Waals surface area contributed by atoms with Crippen molar-refractivity contribution in [1.82, 2.24) is 0 Å². The fraction of sp³-hybridized carbons (Fsp3) is 0.467. The zero-order valence-electron chi connectivity index (χ0n) is 9.53. The summed E-state index contributed by atoms with van der Waals surface area (Å²) in [5.74, 6) is 1.68. The van der Waals surface area contributed by atoms with Crippen LogP contribution in [0, 0.1) is 18.8 Å². The maximum Gasteiger partial charge on any atom is 0.00189 e. The lowest BCUT2D eigenvalue weighted by Gasteiger charge is -2.56. The first kappa shape index (κ1) is 9.21. The molecule has 0 saturated heterocycles. The highest BCUT2D eigenvalue weighted by molar-refractivity contribution is 5.36. The van der Waals surface area contributed by atoms with E-state index in [0.29, 0.717) is 5.41 Å². The first-order valence-corrected chi connectivity index (χ1v) is 5.95. The Balaban J connectivity index is 2.00. The monoisotopic (exact) mass is 198 g/mol. The van der Waals surface area contributed by atoms with Crippen LogP contribution in [0.4, 0.5) is 0 Å². The van der Waals surface area contributed by atoms with Crippen molar-refractivity contribution in [3.05, 3.63) is 47.5 Å². The fourth-order valence-corrected chi connectivity index (χ4v) is 3.33. The molecule has 0 heteroatoms. The topological polar surface area (TPSA) is 0 Å². The van der Waals surface area contributed by atoms with Gasteiger partial charge in [-0.1, -0.05) is 48.9 Å². The Kier molecular flexibility index (Phi) is 1.83. The third-order valence-corrected chi connectivity index (χ3v) is 4.62. The fourth-order valence-electron chi connectivity index (χ4n) is 3.33. The van der Waals surface area contributed by atoms with Crippen LogP contribution in [0.15, 0.2) is 36.4 Å². The van der Waals surface area contributed by atoms with Crippen LogP contribution in [0.1, 0.15) is 30.9 Å². The lowest BCUT2D eigenvalue weighted by molar-refractivity contribution is 0.0656. The first-order chi connectivity index (χ1) is 7.21. The molecule has 1 fully saturated rings. The smallest absolute Gasteiger partial charge is 0.00189 e. The van der Waals surface area contributed by atoms with E-state index >= 15 is 0 Å². The van der Waals surface area contributed by atoms with Gasteiger partial charge in [0.15, 0.2) is 0 Å². The quantitative estimate of drug-likeness (QED) is 0.601. The molecule has 0 aromatic heterocycles. The number of hydrogen-bond acceptors (Lipinski definition) is 0. The number of benzene rings is 1. The average Bonchev–Trinajstić information content (AvgIpc) is 2.30. The largest absolute Gasteiger partial charge is 0.0879 e. The Hall–Kier alpha value is -1.04. The molecule has 3 rings (SSSR count). The third-order valence-electron chi connectivity index (χ3n) is 4.62. The van der Waals surface area contributed by atoms with E-state index in [1.165, 1.54) is 18.4 Å². The standard InChI is InChI=1S/C15H18/c1-11-6-8-12(9-7-11)15(2)13-4-3-5-14(15)10-13/h3-4,6-9,13-14H,5,10H2,1-2H3/t13-,14?,15?/m1/s1. The number of aryl methyl sites for hydroxylation is 1. The van der Waals surface area contributed by atoms with Gasteiger partial charge in [0.25, 0.3) is 0 Å². The van der Waals surface area contributed by atoms with Crippen molar-refractivity contribution < 1.29 is 0 Å². The van der Waals surface area contributed by atoms with Gasteiger partial charge < -0.3 is 0 Å². The molecule has 0 heterocycles. The second kappa shape index (κ2) is 2.98. The van der Waals surface area contributed by atoms with Crippen molar-refractivity contribution >= 4 is 0 Å². The van der Waals surface area contributed by atoms with Crippen LogP contribution >= 0.6 is 0 Å². The van der Waals surface area contributed by atoms with Gasteiger partial charge in [0.1, 0.15) is 0 Å². The van der Waals surface area contributed by atoms with Crippen LogP contribution in [-0.2, 0) is 5.41 Å². The van der Waals surface area contributed by atoms with Gasteiger partial charge in [0, 0.05) is 5.41 Å². The summed E-state index contributed by atoms with van der Waals surface area (Å²) in [7, 11) is 0. The molecule has 1 aromatic carbocycles. The Morgan fingerprint density at radius 3 is 2.47 bits per heavy atom. The summed E-state index contributed by atoms with van der Waals surface area (Å²) < 4.78 is 0. The van der Waals surface area contributed by atoms with Crippen molar-refractivity contribution in [1.29, 1.82) is 0 Å². The van der Waals surface area contributed by atoms with E-state index in [4.69, 9.17) is 0 Å². The lowest BCUT2D eigenvalue weighted by Crippen LogP contribution is -2.51. The Morgan fingerprint density at radius 2 is 1.93 bits per heavy atom. The molecule has 0 aliphatic heterocycles. The number of fused-ring (bicyclic) bond motifs is 2. The molecule has 15 heavy (non-hydrogen) atoms. The van der Waals surface area contributed by atoms with Crippen molar-refractivity contribution in [3.63, 3.8) is 0 Å². The molecular formula is C15H18. The second-order valence-electron chi connectivity index (χ2n) is 5.35. The molecule has 0 amide bonds. The van der Waals surface area contributed by atoms with Crippen LogP contribution < -0.4 is 0 Å². The van der Waals surface area contributed by atoms with E-state index in [0.717, 1.165) is 11.8 Å². The Morgan fingerprint density at radius 1 is 1.20 bits per heavy atom. The molecule has 3 atom stereocenters. The van der Waals surface area contributed by atoms with E-state index in [9.17, 15) is 0 Å². The van der Waals surface area contributed by atoms with Gasteiger partial charge in [0.05, 0.1) is 0 Å². The highest BCUT2D eigenvalue weighted by Gasteiger charge is 2.52. The average molecular weight is 198 g/mol. The van der Waals surface area contributed by atoms with E-state index in [1.807, 2.05) is 0 Å². The molecule has 0 spiro atoms. The molecule has 1 aromatic rings. The summed E-state index contributed by atoms with van der Waals surface area (Å²) in [5, 5.41) is 0. The van der Waals surface area contributed by atoms with Gasteiger partial charge in [-0.05, 0) is 37.2 Å². The van der Waals surface area contributed by atoms with E-state index in [2.05, 4.69) is 50.3 Å². The minimum atomic E-state index is 0.433. The zero-order valence-corrected chi connectivity index (χ0v) is 9.53. The van der Waals surface area contributed by atoms with Gasteiger partial charge >= 0.3 is 0 Å². The molecule has 0 radical (unpaired) electrons. The molecule has 0 nitrogen and oxygen atoms in total. The predicted octanol–water partition coefficient (Wildman–Crippen LogP) is 3.85. The highest BCUT2D eigenvalue weighted by Crippen LogP contribution is 2.57. The molecular weight excluding hydrogens is 180 g/mol. The van der Waals surface area contributed by atoms with Gasteiger partial charge in [-0.15, -0.1) is 0 Å². The normalized spacial score (nSPS) is 37.5. The molecule has 2 bridgehead atoms. The minimum Gasteiger partial charge on any atom is -0.0879 e. The van der Waals surface area contributed by atoms with Gasteiger partial charge in [-0.2, -0.15) is 0 Å². The van der Waals surface area contributed by atoms with Crippen molar-refractivity contribution in [2.75, 3.05) is 0 Å². The molecule has 0 N–H and O–H groups in total. The summed E-state index contributed by atoms with van der Waals surface area (Å²) in [5.41, 5.74) is 3.34. The summed E-state index contributed by atoms with van der Waals surface area (Å²) >= 11 is 0. The summed E-state index contributed by atoms with van der Waals surface area (Å²) in [6, 6.07) is 9.15. The Labute approximate surface area is 92.0 Å². The van der Waals surface area contributed by atoms with Crippen LogP contribution in [-0.4, -0.2) is 0 Å². The van der Waals surface area contributed by atoms with Gasteiger partial charge in [-0.3, -0.25) is 0 Å². The molecule has 2 aliphatic rings. The van der Waals surface area contributed by atoms with Crippen LogP contribution in [0.25, 0.3) is 0 Å². The van der Waals surface area contributed by atoms with E-state index < -0.39 is 0 Å². The number of allylic oxidation sites excluding steroid dienone is 2. The van der Waals surface area contributed by atoms with Gasteiger partial charge in [0.2, 0.25) is 0 Å². The predicted molar refractivity (Wildman–Crippen MR) is 63.9 cm³/mol. The number of rotatable bonds is 1. The third kappa shape index (κ3) is 1.14. The summed E-state index contributed by atoms with van der Waals surface area (Å²) in [6.07, 6.45) is 7.48. The first-order valence-electron chi connectivity index (χ1n) is 5.95. The minimum absolute atomic E-state index is 0.433. The molecule has 2 aliphatic carbocycles. The Bertz CT molecular complexity index is 399. The summed E-state index contributed by atoms with van der Waals surface area (Å²) in [4.78, 5) is 0. The number of hydrogen-bond donors (Lipinski definition) is 0. The maximum atomic E-state index is 2.44. The molecule has 78 valence electrons. The molecule has 2 unspecified atom stereocenters. The van der Waals surface area contributed by atoms with Crippen LogP contribution in [0.2, 0.25) is 0 Å². The van der Waals surface area contributed by atoms with Gasteiger partial charge in [-0.25, -0.2) is 0 Å². The highest BCUT2D eigenvalue weighted by atomic mass is 14.6. The second-order valence-corrected chi connectivity index (χ2v) is 5.35. The molecule has 1 saturated carbocycles. The zero-order chi connectivity index (χ0) is 10.5. The van der Waals surface area contributed by atoms with Crippen molar-refractivity contribution in [2.45, 2.75) is 32.1 Å². The van der Waals surface area contributed by atoms with Crippen molar-refractivity contribution in [3.8, 4) is 0 Å². The van der Waals surface area contributed by atoms with Crippen LogP contribution in [0.5, 0.6) is 0 Å². The lowest BCUT2D eigenvalue weighted by atomic mass is 9.48. The van der Waals surface area contributed by atoms with Crippen molar-refractivity contribution in [2.24, 2.45) is 11.8 Å².